The van der Waals surface area contributed by atoms with Crippen LogP contribution < -0.4 is 15.6 Å². The van der Waals surface area contributed by atoms with Crippen molar-refractivity contribution < 1.29 is 31.9 Å². The van der Waals surface area contributed by atoms with E-state index in [0.29, 0.717) is 31.4 Å². The van der Waals surface area contributed by atoms with Crippen LogP contribution in [0.1, 0.15) is 36.5 Å². The quantitative estimate of drug-likeness (QED) is 0.354. The highest BCUT2D eigenvalue weighted by Gasteiger charge is 2.56. The highest BCUT2D eigenvalue weighted by Crippen LogP contribution is 2.49. The molecule has 3 atom stereocenters. The van der Waals surface area contributed by atoms with E-state index in [4.69, 9.17) is 0 Å². The van der Waals surface area contributed by atoms with Crippen LogP contribution in [-0.2, 0) is 0 Å². The number of rotatable bonds is 7. The number of Topliss-reactive ketones (excluding diaryl/α,β-unsaturated/α-hetero) is 1. The van der Waals surface area contributed by atoms with Crippen molar-refractivity contribution in [1.29, 1.82) is 0 Å². The molecule has 12 heteroatoms. The SMILES string of the molecule is CC[C@@H](NCC(=O)c1cn(-c2ccc(F)cc2F)c2nc(N3CCC4CC4(O)C3)ccc2c1=O)C(F)(F)F. The number of carbonyl (C=O) groups excluding carboxylic acids is 1. The van der Waals surface area contributed by atoms with Crippen LogP contribution in [0.4, 0.5) is 27.8 Å². The van der Waals surface area contributed by atoms with Gasteiger partial charge in [-0.25, -0.2) is 13.8 Å². The van der Waals surface area contributed by atoms with Gasteiger partial charge in [-0.1, -0.05) is 6.92 Å². The maximum atomic E-state index is 14.9. The molecule has 0 amide bonds. The van der Waals surface area contributed by atoms with E-state index in [-0.39, 0.29) is 29.1 Å². The molecule has 3 aromatic rings. The molecule has 0 bridgehead atoms. The maximum Gasteiger partial charge on any atom is 0.403 e. The van der Waals surface area contributed by atoms with Crippen molar-refractivity contribution in [2.24, 2.45) is 5.92 Å². The number of pyridine rings is 2. The molecule has 2 aliphatic rings. The molecular weight excluding hydrogens is 511 g/mol. The molecule has 3 heterocycles. The van der Waals surface area contributed by atoms with E-state index >= 15 is 0 Å². The van der Waals surface area contributed by atoms with Crippen molar-refractivity contribution in [2.75, 3.05) is 24.5 Å². The van der Waals surface area contributed by atoms with Gasteiger partial charge < -0.3 is 10.0 Å². The van der Waals surface area contributed by atoms with Gasteiger partial charge in [0, 0.05) is 25.4 Å². The van der Waals surface area contributed by atoms with Crippen LogP contribution in [0.3, 0.4) is 0 Å². The number of nitrogens with zero attached hydrogens (tertiary/aromatic N) is 3. The summed E-state index contributed by atoms with van der Waals surface area (Å²) in [7, 11) is 0. The van der Waals surface area contributed by atoms with Gasteiger partial charge in [-0.3, -0.25) is 19.5 Å². The molecule has 202 valence electrons. The van der Waals surface area contributed by atoms with Crippen molar-refractivity contribution in [1.82, 2.24) is 14.9 Å². The molecule has 1 aliphatic heterocycles. The molecule has 38 heavy (non-hydrogen) atoms. The van der Waals surface area contributed by atoms with Crippen molar-refractivity contribution >= 4 is 22.6 Å². The van der Waals surface area contributed by atoms with Gasteiger partial charge in [-0.15, -0.1) is 0 Å². The third-order valence-corrected chi connectivity index (χ3v) is 7.35. The zero-order chi connectivity index (χ0) is 27.4. The van der Waals surface area contributed by atoms with Crippen molar-refractivity contribution in [2.45, 2.75) is 44.0 Å². The standard InChI is InChI=1S/C26H25F5N4O3/c1-2-21(26(29,30)31)32-11-20(36)17-12-35(19-5-3-15(27)9-18(19)28)24-16(23(17)37)4-6-22(33-24)34-8-7-14-10-25(14,38)13-34/h3-6,9,12,14,21,32,38H,2,7-8,10-11,13H2,1H3/t14?,21-,25?/m1/s1. The number of alkyl halides is 3. The lowest BCUT2D eigenvalue weighted by Gasteiger charge is -2.31. The van der Waals surface area contributed by atoms with Gasteiger partial charge in [0.1, 0.15) is 23.5 Å². The minimum Gasteiger partial charge on any atom is -0.388 e. The second kappa shape index (κ2) is 9.42. The van der Waals surface area contributed by atoms with Gasteiger partial charge >= 0.3 is 6.18 Å². The van der Waals surface area contributed by atoms with Gasteiger partial charge in [0.05, 0.1) is 28.8 Å². The van der Waals surface area contributed by atoms with Crippen molar-refractivity contribution in [3.8, 4) is 5.69 Å². The Morgan fingerprint density at radius 2 is 2.03 bits per heavy atom. The fourth-order valence-corrected chi connectivity index (χ4v) is 5.08. The lowest BCUT2D eigenvalue weighted by Crippen LogP contribution is -2.44. The number of hydrogen-bond acceptors (Lipinski definition) is 6. The van der Waals surface area contributed by atoms with E-state index in [1.807, 2.05) is 4.90 Å². The number of halogens is 5. The molecule has 2 aromatic heterocycles. The normalized spacial score (nSPS) is 21.9. The van der Waals surface area contributed by atoms with E-state index in [1.54, 1.807) is 6.07 Å². The van der Waals surface area contributed by atoms with E-state index in [2.05, 4.69) is 10.3 Å². The summed E-state index contributed by atoms with van der Waals surface area (Å²) in [6.45, 7) is 1.49. The van der Waals surface area contributed by atoms with Crippen molar-refractivity contribution in [3.63, 3.8) is 0 Å². The first-order chi connectivity index (χ1) is 17.9. The molecule has 1 saturated carbocycles. The molecule has 5 rings (SSSR count). The smallest absolute Gasteiger partial charge is 0.388 e. The predicted octanol–water partition coefficient (Wildman–Crippen LogP) is 3.74. The Morgan fingerprint density at radius 3 is 2.68 bits per heavy atom. The van der Waals surface area contributed by atoms with Crippen LogP contribution in [0.5, 0.6) is 0 Å². The Kier molecular flexibility index (Phi) is 6.50. The minimum absolute atomic E-state index is 0.0193. The number of aliphatic hydroxyl groups is 1. The van der Waals surface area contributed by atoms with Gasteiger partial charge in [-0.05, 0) is 49.4 Å². The monoisotopic (exact) mass is 536 g/mol. The summed E-state index contributed by atoms with van der Waals surface area (Å²) in [5, 5.41) is 12.6. The number of benzene rings is 1. The molecule has 0 spiro atoms. The zero-order valence-electron chi connectivity index (χ0n) is 20.4. The second-order valence-electron chi connectivity index (χ2n) is 9.90. The second-order valence-corrected chi connectivity index (χ2v) is 9.90. The fourth-order valence-electron chi connectivity index (χ4n) is 5.08. The first kappa shape index (κ1) is 26.2. The molecule has 0 radical (unpaired) electrons. The number of ketones is 1. The molecule has 1 aromatic carbocycles. The molecule has 7 nitrogen and oxygen atoms in total. The summed E-state index contributed by atoms with van der Waals surface area (Å²) in [5.74, 6) is -2.10. The number of piperidine rings is 1. The lowest BCUT2D eigenvalue weighted by molar-refractivity contribution is -0.155. The topological polar surface area (TPSA) is 87.5 Å². The minimum atomic E-state index is -4.59. The van der Waals surface area contributed by atoms with Crippen LogP contribution in [0.15, 0.2) is 41.3 Å². The number of carbonyl (C=O) groups is 1. The van der Waals surface area contributed by atoms with Gasteiger partial charge in [0.2, 0.25) is 5.43 Å². The number of aromatic nitrogens is 2. The Balaban J connectivity index is 1.59. The highest BCUT2D eigenvalue weighted by molar-refractivity contribution is 6.00. The average molecular weight is 537 g/mol. The Bertz CT molecular complexity index is 1470. The van der Waals surface area contributed by atoms with Gasteiger partial charge in [0.15, 0.2) is 11.4 Å². The number of nitrogens with one attached hydrogen (secondary N) is 1. The van der Waals surface area contributed by atoms with Crippen molar-refractivity contribution in [3.05, 3.63) is 63.9 Å². The summed E-state index contributed by atoms with van der Waals surface area (Å²) in [4.78, 5) is 32.6. The van der Waals surface area contributed by atoms with E-state index in [0.717, 1.165) is 29.3 Å². The first-order valence-corrected chi connectivity index (χ1v) is 12.2. The first-order valence-electron chi connectivity index (χ1n) is 12.2. The summed E-state index contributed by atoms with van der Waals surface area (Å²) in [6, 6.07) is 3.76. The van der Waals surface area contributed by atoms with Gasteiger partial charge in [-0.2, -0.15) is 13.2 Å². The van der Waals surface area contributed by atoms with Crippen LogP contribution >= 0.6 is 0 Å². The third-order valence-electron chi connectivity index (χ3n) is 7.35. The molecule has 2 N–H and O–H groups in total. The van der Waals surface area contributed by atoms with Crippen LogP contribution in [0.2, 0.25) is 0 Å². The Labute approximate surface area is 213 Å². The van der Waals surface area contributed by atoms with E-state index in [1.165, 1.54) is 13.0 Å². The predicted molar refractivity (Wildman–Crippen MR) is 130 cm³/mol. The van der Waals surface area contributed by atoms with Crippen LogP contribution in [0.25, 0.3) is 16.7 Å². The Hall–Kier alpha value is -3.38. The lowest BCUT2D eigenvalue weighted by atomic mass is 10.1. The average Bonchev–Trinajstić information content (AvgIpc) is 3.54. The number of fused-ring (bicyclic) bond motifs is 2. The molecule has 1 aliphatic carbocycles. The summed E-state index contributed by atoms with van der Waals surface area (Å²) in [6.07, 6.45) is -2.43. The number of β-amino-alcohol motifs (C(OH)–C–C–N with tert-alkyl or cyclic N) is 1. The number of anilines is 1. The maximum absolute atomic E-state index is 14.9. The van der Waals surface area contributed by atoms with Gasteiger partial charge in [0.25, 0.3) is 0 Å². The van der Waals surface area contributed by atoms with E-state index in [9.17, 15) is 36.6 Å². The number of hydrogen-bond donors (Lipinski definition) is 2. The molecule has 1 saturated heterocycles. The molecule has 2 unspecified atom stereocenters. The third kappa shape index (κ3) is 4.78. The Morgan fingerprint density at radius 1 is 1.26 bits per heavy atom. The summed E-state index contributed by atoms with van der Waals surface area (Å²) in [5.41, 5.74) is -2.26. The van der Waals surface area contributed by atoms with Crippen LogP contribution in [0, 0.1) is 17.6 Å². The van der Waals surface area contributed by atoms with E-state index < -0.39 is 52.8 Å². The largest absolute Gasteiger partial charge is 0.403 e. The molecule has 2 fully saturated rings. The zero-order valence-corrected chi connectivity index (χ0v) is 20.4. The highest BCUT2D eigenvalue weighted by atomic mass is 19.4. The summed E-state index contributed by atoms with van der Waals surface area (Å²) >= 11 is 0. The fraction of sp³-hybridized carbons (Fsp3) is 0.423. The van der Waals surface area contributed by atoms with Crippen LogP contribution in [-0.4, -0.2) is 57.9 Å². The molecular formula is C26H25F5N4O3. The summed E-state index contributed by atoms with van der Waals surface area (Å²) < 4.78 is 69.0.